The molecule has 3 nitrogen and oxygen atoms in total. The van der Waals surface area contributed by atoms with E-state index in [1.807, 2.05) is 13.8 Å². The Morgan fingerprint density at radius 3 is 1.64 bits per heavy atom. The van der Waals surface area contributed by atoms with Gasteiger partial charge < -0.3 is 15.7 Å². The lowest BCUT2D eigenvalue weighted by atomic mass is 10.5. The molecule has 0 unspecified atom stereocenters. The van der Waals surface area contributed by atoms with Gasteiger partial charge in [-0.25, -0.2) is 0 Å². The summed E-state index contributed by atoms with van der Waals surface area (Å²) >= 11 is 0. The van der Waals surface area contributed by atoms with Crippen LogP contribution in [-0.4, -0.2) is 37.9 Å². The van der Waals surface area contributed by atoms with Gasteiger partial charge in [0.05, 0.1) is 6.61 Å². The molecular formula is C11H30N2O. The summed E-state index contributed by atoms with van der Waals surface area (Å²) in [6, 6.07) is 0. The molecule has 0 aliphatic carbocycles. The molecule has 14 heavy (non-hydrogen) atoms. The lowest BCUT2D eigenvalue weighted by Gasteiger charge is -2.01. The van der Waals surface area contributed by atoms with Crippen molar-refractivity contribution in [1.82, 2.24) is 10.6 Å². The second kappa shape index (κ2) is 29.3. The Morgan fingerprint density at radius 1 is 0.857 bits per heavy atom. The maximum absolute atomic E-state index is 8.34. The van der Waals surface area contributed by atoms with Gasteiger partial charge in [-0.05, 0) is 6.54 Å². The number of aliphatic hydroxyl groups excluding tert-OH is 1. The minimum Gasteiger partial charge on any atom is -0.395 e. The number of likely N-dealkylation sites (N-methyl/N-ethyl adjacent to an activating group) is 1. The lowest BCUT2D eigenvalue weighted by Crippen LogP contribution is -2.28. The largest absolute Gasteiger partial charge is 0.395 e. The quantitative estimate of drug-likeness (QED) is 0.579. The summed E-state index contributed by atoms with van der Waals surface area (Å²) in [6.45, 7) is 14.2. The normalized spacial score (nSPS) is 8.14. The first kappa shape index (κ1) is 19.5. The van der Waals surface area contributed by atoms with E-state index in [2.05, 4.69) is 31.4 Å². The van der Waals surface area contributed by atoms with Crippen molar-refractivity contribution in [2.24, 2.45) is 0 Å². The number of aliphatic hydroxyl groups is 1. The fourth-order valence-electron chi connectivity index (χ4n) is 0.558. The molecule has 0 spiro atoms. The monoisotopic (exact) mass is 206 g/mol. The van der Waals surface area contributed by atoms with E-state index in [9.17, 15) is 0 Å². The van der Waals surface area contributed by atoms with Crippen molar-refractivity contribution in [2.45, 2.75) is 41.0 Å². The zero-order valence-electron chi connectivity index (χ0n) is 10.7. The Labute approximate surface area is 90.3 Å². The van der Waals surface area contributed by atoms with Crippen LogP contribution in [0.1, 0.15) is 41.0 Å². The van der Waals surface area contributed by atoms with Crippen molar-refractivity contribution in [1.29, 1.82) is 0 Å². The van der Waals surface area contributed by atoms with E-state index < -0.39 is 0 Å². The van der Waals surface area contributed by atoms with Crippen LogP contribution in [-0.2, 0) is 0 Å². The SMILES string of the molecule is CC.CCC.CCNCCNCCO. The summed E-state index contributed by atoms with van der Waals surface area (Å²) in [7, 11) is 0. The van der Waals surface area contributed by atoms with Crippen LogP contribution in [0.25, 0.3) is 0 Å². The molecule has 0 aromatic heterocycles. The van der Waals surface area contributed by atoms with Gasteiger partial charge in [-0.2, -0.15) is 0 Å². The predicted octanol–water partition coefficient (Wildman–Crippen LogP) is 1.62. The van der Waals surface area contributed by atoms with Gasteiger partial charge >= 0.3 is 0 Å². The summed E-state index contributed by atoms with van der Waals surface area (Å²) in [5, 5.41) is 14.6. The van der Waals surface area contributed by atoms with Crippen molar-refractivity contribution >= 4 is 0 Å². The smallest absolute Gasteiger partial charge is 0.0555 e. The molecule has 0 fully saturated rings. The molecule has 0 radical (unpaired) electrons. The Balaban J connectivity index is -0.000000205. The van der Waals surface area contributed by atoms with E-state index in [0.717, 1.165) is 19.6 Å². The van der Waals surface area contributed by atoms with Gasteiger partial charge in [-0.15, -0.1) is 0 Å². The van der Waals surface area contributed by atoms with Crippen molar-refractivity contribution < 1.29 is 5.11 Å². The maximum Gasteiger partial charge on any atom is 0.0555 e. The van der Waals surface area contributed by atoms with Crippen molar-refractivity contribution in [2.75, 3.05) is 32.8 Å². The molecule has 0 aromatic carbocycles. The Kier molecular flexibility index (Phi) is 40.7. The molecule has 0 heterocycles. The van der Waals surface area contributed by atoms with Gasteiger partial charge in [0.1, 0.15) is 0 Å². The third-order valence-corrected chi connectivity index (χ3v) is 1.02. The van der Waals surface area contributed by atoms with Gasteiger partial charge in [0.15, 0.2) is 0 Å². The van der Waals surface area contributed by atoms with E-state index in [1.165, 1.54) is 6.42 Å². The summed E-state index contributed by atoms with van der Waals surface area (Å²) in [5.41, 5.74) is 0. The van der Waals surface area contributed by atoms with Crippen LogP contribution in [0.15, 0.2) is 0 Å². The molecule has 0 aromatic rings. The summed E-state index contributed by atoms with van der Waals surface area (Å²) < 4.78 is 0. The first-order chi connectivity index (χ1) is 6.83. The van der Waals surface area contributed by atoms with Gasteiger partial charge in [-0.3, -0.25) is 0 Å². The Morgan fingerprint density at radius 2 is 1.29 bits per heavy atom. The second-order valence-corrected chi connectivity index (χ2v) is 2.53. The minimum atomic E-state index is 0.228. The van der Waals surface area contributed by atoms with Crippen molar-refractivity contribution in [3.8, 4) is 0 Å². The number of hydrogen-bond donors (Lipinski definition) is 3. The molecule has 3 heteroatoms. The van der Waals surface area contributed by atoms with E-state index >= 15 is 0 Å². The highest BCUT2D eigenvalue weighted by Crippen LogP contribution is 1.58. The molecule has 0 rings (SSSR count). The molecule has 0 saturated heterocycles. The molecule has 0 atom stereocenters. The van der Waals surface area contributed by atoms with Gasteiger partial charge in [0, 0.05) is 19.6 Å². The molecule has 0 bridgehead atoms. The predicted molar refractivity (Wildman–Crippen MR) is 65.8 cm³/mol. The molecular weight excluding hydrogens is 176 g/mol. The summed E-state index contributed by atoms with van der Waals surface area (Å²) in [6.07, 6.45) is 1.25. The van der Waals surface area contributed by atoms with E-state index in [1.54, 1.807) is 0 Å². The van der Waals surface area contributed by atoms with Crippen LogP contribution in [0.5, 0.6) is 0 Å². The van der Waals surface area contributed by atoms with Gasteiger partial charge in [0.2, 0.25) is 0 Å². The van der Waals surface area contributed by atoms with Gasteiger partial charge in [0.25, 0.3) is 0 Å². The maximum atomic E-state index is 8.34. The molecule has 0 aliphatic heterocycles. The second-order valence-electron chi connectivity index (χ2n) is 2.53. The fourth-order valence-corrected chi connectivity index (χ4v) is 0.558. The number of hydrogen-bond acceptors (Lipinski definition) is 3. The standard InChI is InChI=1S/C6H16N2O.C3H8.C2H6/c1-2-7-3-4-8-5-6-9;1-3-2;1-2/h7-9H,2-6H2,1H3;3H2,1-2H3;1-2H3. The fraction of sp³-hybridized carbons (Fsp3) is 1.00. The minimum absolute atomic E-state index is 0.228. The van der Waals surface area contributed by atoms with Crippen LogP contribution in [0.3, 0.4) is 0 Å². The molecule has 0 amide bonds. The Bertz CT molecular complexity index is 55.2. The summed E-state index contributed by atoms with van der Waals surface area (Å²) in [4.78, 5) is 0. The van der Waals surface area contributed by atoms with Crippen LogP contribution < -0.4 is 10.6 Å². The first-order valence-electron chi connectivity index (χ1n) is 5.85. The first-order valence-corrected chi connectivity index (χ1v) is 5.85. The zero-order valence-corrected chi connectivity index (χ0v) is 10.7. The highest BCUT2D eigenvalue weighted by atomic mass is 16.3. The van der Waals surface area contributed by atoms with E-state index in [4.69, 9.17) is 5.11 Å². The lowest BCUT2D eigenvalue weighted by molar-refractivity contribution is 0.292. The van der Waals surface area contributed by atoms with E-state index in [-0.39, 0.29) is 6.61 Å². The Hall–Kier alpha value is -0.120. The molecule has 90 valence electrons. The third kappa shape index (κ3) is 40.7. The van der Waals surface area contributed by atoms with E-state index in [0.29, 0.717) is 6.54 Å². The molecule has 3 N–H and O–H groups in total. The average Bonchev–Trinajstić information content (AvgIpc) is 2.22. The average molecular weight is 206 g/mol. The van der Waals surface area contributed by atoms with Crippen LogP contribution in [0, 0.1) is 0 Å². The van der Waals surface area contributed by atoms with Crippen molar-refractivity contribution in [3.05, 3.63) is 0 Å². The van der Waals surface area contributed by atoms with Crippen LogP contribution in [0.2, 0.25) is 0 Å². The van der Waals surface area contributed by atoms with Crippen molar-refractivity contribution in [3.63, 3.8) is 0 Å². The van der Waals surface area contributed by atoms with Crippen LogP contribution >= 0.6 is 0 Å². The zero-order chi connectivity index (χ0) is 11.7. The number of nitrogens with one attached hydrogen (secondary N) is 2. The molecule has 0 aliphatic rings. The third-order valence-electron chi connectivity index (χ3n) is 1.02. The highest BCUT2D eigenvalue weighted by Gasteiger charge is 1.82. The molecule has 0 saturated carbocycles. The highest BCUT2D eigenvalue weighted by molar-refractivity contribution is 4.48. The number of rotatable bonds is 6. The summed E-state index contributed by atoms with van der Waals surface area (Å²) in [5.74, 6) is 0. The topological polar surface area (TPSA) is 44.3 Å². The van der Waals surface area contributed by atoms with Gasteiger partial charge in [-0.1, -0.05) is 41.0 Å². The van der Waals surface area contributed by atoms with Crippen LogP contribution in [0.4, 0.5) is 0 Å².